The minimum Gasteiger partial charge on any atom is -0.545 e. The number of anilines is 2. The van der Waals surface area contributed by atoms with Gasteiger partial charge in [0.2, 0.25) is 0 Å². The Morgan fingerprint density at radius 1 is 1.22 bits per heavy atom. The average Bonchev–Trinajstić information content (AvgIpc) is 3.33. The first-order valence-electron chi connectivity index (χ1n) is 9.44. The first kappa shape index (κ1) is 24.5. The molecule has 1 atom stereocenters. The molecule has 4 N–H and O–H groups in total. The topological polar surface area (TPSA) is 121 Å². The molecule has 1 aromatic heterocycles. The maximum Gasteiger partial charge on any atom is 1.00 e. The number of aromatic carboxylic acids is 1. The molecular formula is C20H19N5NaO4S2. The zero-order valence-corrected chi connectivity index (χ0v) is 20.8. The van der Waals surface area contributed by atoms with E-state index in [0.717, 1.165) is 11.4 Å². The third-order valence-electron chi connectivity index (χ3n) is 4.82. The van der Waals surface area contributed by atoms with Crippen LogP contribution < -0.4 is 49.6 Å². The number of ether oxygens (including phenoxy) is 1. The first-order chi connectivity index (χ1) is 14.9. The summed E-state index contributed by atoms with van der Waals surface area (Å²) < 4.78 is 8.27. The Hall–Kier alpha value is -2.15. The van der Waals surface area contributed by atoms with Gasteiger partial charge in [0, 0.05) is 23.5 Å². The summed E-state index contributed by atoms with van der Waals surface area (Å²) in [5.41, 5.74) is 2.02. The van der Waals surface area contributed by atoms with Crippen LogP contribution in [0.5, 0.6) is 5.75 Å². The molecule has 1 radical (unpaired) electrons. The predicted octanol–water partition coefficient (Wildman–Crippen LogP) is -0.859. The number of nitrogens with zero attached hydrogens (tertiary/aromatic N) is 2. The van der Waals surface area contributed by atoms with Crippen molar-refractivity contribution in [3.8, 4) is 11.4 Å². The van der Waals surface area contributed by atoms with Gasteiger partial charge in [-0.1, -0.05) is 6.07 Å². The molecule has 1 fully saturated rings. The van der Waals surface area contributed by atoms with Gasteiger partial charge in [0.25, 0.3) is 0 Å². The number of aromatic amines is 2. The number of H-pyrrole nitrogens is 2. The monoisotopic (exact) mass is 480 g/mol. The van der Waals surface area contributed by atoms with E-state index >= 15 is 0 Å². The van der Waals surface area contributed by atoms with E-state index in [2.05, 4.69) is 15.5 Å². The van der Waals surface area contributed by atoms with Crippen molar-refractivity contribution >= 4 is 41.8 Å². The Labute approximate surface area is 216 Å². The summed E-state index contributed by atoms with van der Waals surface area (Å²) in [6, 6.07) is 12.2. The molecule has 0 aliphatic carbocycles. The number of carboxylic acids is 1. The van der Waals surface area contributed by atoms with Gasteiger partial charge >= 0.3 is 29.6 Å². The fraction of sp³-hybridized carbons (Fsp3) is 0.200. The van der Waals surface area contributed by atoms with Crippen LogP contribution in [0.2, 0.25) is 0 Å². The van der Waals surface area contributed by atoms with E-state index in [4.69, 9.17) is 29.2 Å². The van der Waals surface area contributed by atoms with Gasteiger partial charge in [-0.3, -0.25) is 14.8 Å². The fourth-order valence-electron chi connectivity index (χ4n) is 3.35. The molecule has 0 spiro atoms. The van der Waals surface area contributed by atoms with Crippen molar-refractivity contribution in [2.24, 2.45) is 0 Å². The zero-order chi connectivity index (χ0) is 22.0. The second kappa shape index (κ2) is 10.6. The summed E-state index contributed by atoms with van der Waals surface area (Å²) in [7, 11) is 0. The van der Waals surface area contributed by atoms with Crippen LogP contribution in [0.15, 0.2) is 42.5 Å². The summed E-state index contributed by atoms with van der Waals surface area (Å²) in [4.78, 5) is 13.3. The third kappa shape index (κ3) is 5.42. The summed E-state index contributed by atoms with van der Waals surface area (Å²) in [5, 5.41) is 30.0. The van der Waals surface area contributed by atoms with Crippen LogP contribution in [0.4, 0.5) is 11.4 Å². The molecule has 0 bridgehead atoms. The first-order valence-corrected chi connectivity index (χ1v) is 10.3. The molecule has 2 heterocycles. The number of aliphatic hydroxyl groups is 1. The van der Waals surface area contributed by atoms with Crippen molar-refractivity contribution in [1.29, 1.82) is 0 Å². The van der Waals surface area contributed by atoms with Crippen LogP contribution in [0, 0.1) is 16.1 Å². The SMILES string of the molecule is O=C([O-])c1cc(OCNc2cccc(-n3c(=S)[nH][nH]c3=S)c2)ccc1N1[CH]C(O)CC1.[Na+]. The number of hydrogen-bond acceptors (Lipinski definition) is 8. The minimum absolute atomic E-state index is 0. The molecule has 0 saturated carbocycles. The van der Waals surface area contributed by atoms with Gasteiger partial charge in [-0.15, -0.1) is 0 Å². The van der Waals surface area contributed by atoms with Gasteiger partial charge in [-0.25, -0.2) is 0 Å². The molecule has 1 unspecified atom stereocenters. The van der Waals surface area contributed by atoms with Crippen LogP contribution in [0.1, 0.15) is 16.8 Å². The number of carbonyl (C=O) groups is 1. The number of benzene rings is 2. The number of rotatable bonds is 7. The molecule has 2 aromatic carbocycles. The Bertz CT molecular complexity index is 1200. The number of nitrogens with one attached hydrogen (secondary N) is 3. The largest absolute Gasteiger partial charge is 1.00 e. The number of aliphatic hydroxyl groups excluding tert-OH is 1. The molecule has 161 valence electrons. The molecule has 1 aliphatic rings. The third-order valence-corrected chi connectivity index (χ3v) is 5.39. The Morgan fingerprint density at radius 2 is 1.97 bits per heavy atom. The van der Waals surface area contributed by atoms with Crippen molar-refractivity contribution in [3.63, 3.8) is 0 Å². The molecule has 9 nitrogen and oxygen atoms in total. The smallest absolute Gasteiger partial charge is 0.545 e. The maximum absolute atomic E-state index is 11.6. The Balaban J connectivity index is 0.00000289. The maximum atomic E-state index is 11.6. The van der Waals surface area contributed by atoms with Crippen LogP contribution in [0.3, 0.4) is 0 Å². The van der Waals surface area contributed by atoms with Crippen molar-refractivity contribution in [3.05, 3.63) is 64.1 Å². The molecule has 1 saturated heterocycles. The van der Waals surface area contributed by atoms with E-state index < -0.39 is 12.1 Å². The Morgan fingerprint density at radius 3 is 2.62 bits per heavy atom. The standard InChI is InChI=1S/C20H20N5O4S2.Na/c26-14-6-7-24(10-14)17-5-4-15(9-16(17)18(27)28)29-11-21-12-2-1-3-13(8-12)25-19(30)22-23-20(25)31;/h1-5,8-10,14,21,26H,6-7,11H2,(H,22,30)(H,23,31)(H,27,28);/q;+1/p-1. The van der Waals surface area contributed by atoms with Gasteiger partial charge in [0.15, 0.2) is 16.3 Å². The van der Waals surface area contributed by atoms with Crippen molar-refractivity contribution in [1.82, 2.24) is 14.8 Å². The number of carbonyl (C=O) groups excluding carboxylic acids is 1. The van der Waals surface area contributed by atoms with E-state index in [9.17, 15) is 15.0 Å². The van der Waals surface area contributed by atoms with E-state index in [1.165, 1.54) is 6.07 Å². The fourth-order valence-corrected chi connectivity index (χ4v) is 3.90. The normalized spacial score (nSPS) is 15.3. The minimum atomic E-state index is -1.31. The van der Waals surface area contributed by atoms with Crippen molar-refractivity contribution in [2.45, 2.75) is 12.5 Å². The molecule has 0 amide bonds. The number of aromatic nitrogens is 3. The number of hydrogen-bond donors (Lipinski definition) is 4. The van der Waals surface area contributed by atoms with E-state index in [0.29, 0.717) is 33.9 Å². The van der Waals surface area contributed by atoms with Crippen LogP contribution in [-0.4, -0.2) is 45.2 Å². The van der Waals surface area contributed by atoms with Crippen molar-refractivity contribution < 1.29 is 49.3 Å². The second-order valence-corrected chi connectivity index (χ2v) is 7.65. The van der Waals surface area contributed by atoms with Gasteiger partial charge in [-0.2, -0.15) is 0 Å². The van der Waals surface area contributed by atoms with Crippen LogP contribution in [-0.2, 0) is 0 Å². The van der Waals surface area contributed by atoms with E-state index in [1.807, 2.05) is 24.3 Å². The molecule has 32 heavy (non-hydrogen) atoms. The summed E-state index contributed by atoms with van der Waals surface area (Å²) in [6.45, 7) is 2.24. The second-order valence-electron chi connectivity index (χ2n) is 6.88. The summed E-state index contributed by atoms with van der Waals surface area (Å²) >= 11 is 10.5. The van der Waals surface area contributed by atoms with Crippen LogP contribution in [0.25, 0.3) is 5.69 Å². The molecule has 12 heteroatoms. The van der Waals surface area contributed by atoms with E-state index in [-0.39, 0.29) is 41.9 Å². The zero-order valence-electron chi connectivity index (χ0n) is 17.2. The van der Waals surface area contributed by atoms with Gasteiger partial charge in [0.05, 0.1) is 24.3 Å². The van der Waals surface area contributed by atoms with Crippen LogP contribution >= 0.6 is 24.4 Å². The summed E-state index contributed by atoms with van der Waals surface area (Å²) in [6.07, 6.45) is -0.0338. The van der Waals surface area contributed by atoms with Gasteiger partial charge in [0.1, 0.15) is 5.75 Å². The molecule has 4 rings (SSSR count). The average molecular weight is 481 g/mol. The number of carboxylic acid groups (broad SMARTS) is 1. The molecule has 1 aliphatic heterocycles. The van der Waals surface area contributed by atoms with E-state index in [1.54, 1.807) is 28.1 Å². The van der Waals surface area contributed by atoms with Gasteiger partial charge < -0.3 is 30.0 Å². The van der Waals surface area contributed by atoms with Gasteiger partial charge in [-0.05, 0) is 67.3 Å². The van der Waals surface area contributed by atoms with Crippen molar-refractivity contribution in [2.75, 3.05) is 23.5 Å². The molecule has 3 aromatic rings. The molecular weight excluding hydrogens is 461 g/mol. The predicted molar refractivity (Wildman–Crippen MR) is 118 cm³/mol. The summed E-state index contributed by atoms with van der Waals surface area (Å²) in [5.74, 6) is -0.933. The Kier molecular flexibility index (Phi) is 8.15. The quantitative estimate of drug-likeness (QED) is 0.196.